The van der Waals surface area contributed by atoms with E-state index in [2.05, 4.69) is 17.1 Å². The molecule has 0 unspecified atom stereocenters. The molecule has 1 aromatic heterocycles. The number of hydrogen-bond acceptors (Lipinski definition) is 3. The van der Waals surface area contributed by atoms with Gasteiger partial charge in [-0.15, -0.1) is 0 Å². The maximum absolute atomic E-state index is 13.4. The lowest BCUT2D eigenvalue weighted by atomic mass is 10.1. The van der Waals surface area contributed by atoms with Gasteiger partial charge in [0.1, 0.15) is 0 Å². The van der Waals surface area contributed by atoms with Crippen molar-refractivity contribution in [3.63, 3.8) is 0 Å². The van der Waals surface area contributed by atoms with Crippen molar-refractivity contribution in [1.29, 1.82) is 0 Å². The average Bonchev–Trinajstić information content (AvgIpc) is 3.60. The lowest BCUT2D eigenvalue weighted by molar-refractivity contribution is -0.142. The molecule has 1 fully saturated rings. The Hall–Kier alpha value is -3.12. The number of H-pyrrole nitrogens is 1. The summed E-state index contributed by atoms with van der Waals surface area (Å²) in [6, 6.07) is 18.2. The molecule has 1 aliphatic rings. The number of rotatable bonds is 11. The molecular weight excluding hydrogens is 402 g/mol. The summed E-state index contributed by atoms with van der Waals surface area (Å²) in [5.41, 5.74) is 3.37. The summed E-state index contributed by atoms with van der Waals surface area (Å²) < 4.78 is 5.18. The minimum Gasteiger partial charge on any atom is -0.383 e. The van der Waals surface area contributed by atoms with Crippen molar-refractivity contribution in [2.24, 2.45) is 5.92 Å². The number of benzene rings is 2. The van der Waals surface area contributed by atoms with Gasteiger partial charge >= 0.3 is 0 Å². The van der Waals surface area contributed by atoms with Crippen LogP contribution in [0, 0.1) is 5.92 Å². The number of ether oxygens (including phenoxy) is 1. The van der Waals surface area contributed by atoms with Crippen molar-refractivity contribution >= 4 is 22.7 Å². The fourth-order valence-electron chi connectivity index (χ4n) is 4.01. The first-order valence-corrected chi connectivity index (χ1v) is 11.3. The van der Waals surface area contributed by atoms with Crippen molar-refractivity contribution in [2.75, 3.05) is 33.4 Å². The van der Waals surface area contributed by atoms with Crippen LogP contribution in [-0.4, -0.2) is 59.9 Å². The van der Waals surface area contributed by atoms with E-state index in [1.165, 1.54) is 10.9 Å². The molecule has 1 saturated carbocycles. The van der Waals surface area contributed by atoms with Crippen molar-refractivity contribution in [2.45, 2.75) is 25.8 Å². The summed E-state index contributed by atoms with van der Waals surface area (Å²) in [5, 5.41) is 1.19. The van der Waals surface area contributed by atoms with E-state index in [0.717, 1.165) is 30.3 Å². The zero-order valence-corrected chi connectivity index (χ0v) is 18.6. The molecular formula is C26H31N3O3. The first kappa shape index (κ1) is 22.1. The fraction of sp³-hybridized carbons (Fsp3) is 0.385. The van der Waals surface area contributed by atoms with Crippen molar-refractivity contribution in [1.82, 2.24) is 14.8 Å². The molecule has 2 amide bonds. The molecule has 0 aliphatic heterocycles. The van der Waals surface area contributed by atoms with Crippen molar-refractivity contribution in [3.8, 4) is 0 Å². The molecule has 168 valence electrons. The minimum atomic E-state index is -0.0289. The van der Waals surface area contributed by atoms with Gasteiger partial charge in [0.05, 0.1) is 13.2 Å². The van der Waals surface area contributed by atoms with Gasteiger partial charge in [-0.3, -0.25) is 9.59 Å². The predicted molar refractivity (Wildman–Crippen MR) is 125 cm³/mol. The molecule has 0 radical (unpaired) electrons. The molecule has 0 bridgehead atoms. The molecule has 1 aliphatic carbocycles. The Kier molecular flexibility index (Phi) is 7.22. The first-order chi connectivity index (χ1) is 15.7. The number of methoxy groups -OCH3 is 1. The Bertz CT molecular complexity index is 1040. The van der Waals surface area contributed by atoms with Crippen molar-refractivity contribution < 1.29 is 14.3 Å². The van der Waals surface area contributed by atoms with Crippen molar-refractivity contribution in [3.05, 3.63) is 71.9 Å². The number of nitrogens with zero attached hydrogens (tertiary/aromatic N) is 2. The monoisotopic (exact) mass is 433 g/mol. The van der Waals surface area contributed by atoms with Gasteiger partial charge in [-0.2, -0.15) is 0 Å². The maximum Gasteiger partial charge on any atom is 0.242 e. The van der Waals surface area contributed by atoms with E-state index in [1.54, 1.807) is 12.0 Å². The van der Waals surface area contributed by atoms with Crippen LogP contribution in [-0.2, 0) is 27.3 Å². The SMILES string of the molecule is COCCN(CC(=O)N(CCc1c[nH]c2ccccc12)Cc1ccccc1)C(=O)C1CC1. The molecule has 6 heteroatoms. The number of carbonyl (C=O) groups is 2. The summed E-state index contributed by atoms with van der Waals surface area (Å²) >= 11 is 0. The third-order valence-electron chi connectivity index (χ3n) is 6.02. The maximum atomic E-state index is 13.4. The predicted octanol–water partition coefficient (Wildman–Crippen LogP) is 3.62. The number of hydrogen-bond donors (Lipinski definition) is 1. The zero-order valence-electron chi connectivity index (χ0n) is 18.6. The lowest BCUT2D eigenvalue weighted by Gasteiger charge is -2.28. The highest BCUT2D eigenvalue weighted by Crippen LogP contribution is 2.31. The fourth-order valence-corrected chi connectivity index (χ4v) is 4.01. The Balaban J connectivity index is 1.48. The average molecular weight is 434 g/mol. The number of aromatic amines is 1. The number of amides is 2. The molecule has 32 heavy (non-hydrogen) atoms. The smallest absolute Gasteiger partial charge is 0.242 e. The van der Waals surface area contributed by atoms with Crippen LogP contribution in [0.1, 0.15) is 24.0 Å². The van der Waals surface area contributed by atoms with Gasteiger partial charge in [-0.25, -0.2) is 0 Å². The largest absolute Gasteiger partial charge is 0.383 e. The summed E-state index contributed by atoms with van der Waals surface area (Å²) in [6.45, 7) is 2.08. The Morgan fingerprint density at radius 2 is 1.75 bits per heavy atom. The highest BCUT2D eigenvalue weighted by molar-refractivity contribution is 5.87. The third-order valence-corrected chi connectivity index (χ3v) is 6.02. The Labute approximate surface area is 189 Å². The van der Waals surface area contributed by atoms with E-state index >= 15 is 0 Å². The Morgan fingerprint density at radius 3 is 2.50 bits per heavy atom. The topological polar surface area (TPSA) is 65.6 Å². The number of carbonyl (C=O) groups excluding carboxylic acids is 2. The van der Waals surface area contributed by atoms with Gasteiger partial charge < -0.3 is 19.5 Å². The number of nitrogens with one attached hydrogen (secondary N) is 1. The van der Waals surface area contributed by atoms with E-state index in [1.807, 2.05) is 53.6 Å². The van der Waals surface area contributed by atoms with Gasteiger partial charge in [-0.1, -0.05) is 48.5 Å². The van der Waals surface area contributed by atoms with Crippen LogP contribution in [0.2, 0.25) is 0 Å². The highest BCUT2D eigenvalue weighted by Gasteiger charge is 2.34. The second-order valence-corrected chi connectivity index (χ2v) is 8.44. The van der Waals surface area contributed by atoms with E-state index in [0.29, 0.717) is 26.2 Å². The van der Waals surface area contributed by atoms with Crippen LogP contribution in [0.15, 0.2) is 60.8 Å². The van der Waals surface area contributed by atoms with Gasteiger partial charge in [-0.05, 0) is 36.5 Å². The molecule has 1 heterocycles. The standard InChI is InChI=1S/C26H31N3O3/c1-32-16-15-29(26(31)21-11-12-21)19-25(30)28(18-20-7-3-2-4-8-20)14-13-22-17-27-24-10-6-5-9-23(22)24/h2-10,17,21,27H,11-16,18-19H2,1H3. The summed E-state index contributed by atoms with van der Waals surface area (Å²) in [5.74, 6) is 0.124. The highest BCUT2D eigenvalue weighted by atomic mass is 16.5. The molecule has 6 nitrogen and oxygen atoms in total. The lowest BCUT2D eigenvalue weighted by Crippen LogP contribution is -2.45. The van der Waals surface area contributed by atoms with Crippen LogP contribution >= 0.6 is 0 Å². The Morgan fingerprint density at radius 1 is 1.00 bits per heavy atom. The van der Waals surface area contributed by atoms with E-state index in [-0.39, 0.29) is 24.3 Å². The number of fused-ring (bicyclic) bond motifs is 1. The van der Waals surface area contributed by atoms with Crippen LogP contribution in [0.3, 0.4) is 0 Å². The summed E-state index contributed by atoms with van der Waals surface area (Å²) in [6.07, 6.45) is 4.62. The van der Waals surface area contributed by atoms with Crippen LogP contribution in [0.4, 0.5) is 0 Å². The second kappa shape index (κ2) is 10.5. The van der Waals surface area contributed by atoms with Gasteiger partial charge in [0.25, 0.3) is 0 Å². The van der Waals surface area contributed by atoms with Gasteiger partial charge in [0.2, 0.25) is 11.8 Å². The van der Waals surface area contributed by atoms with Crippen LogP contribution in [0.5, 0.6) is 0 Å². The quantitative estimate of drug-likeness (QED) is 0.502. The molecule has 1 N–H and O–H groups in total. The normalized spacial score (nSPS) is 13.3. The molecule has 2 aromatic carbocycles. The minimum absolute atomic E-state index is 0.0289. The first-order valence-electron chi connectivity index (χ1n) is 11.3. The van der Waals surface area contributed by atoms with Crippen LogP contribution < -0.4 is 0 Å². The molecule has 0 atom stereocenters. The molecule has 0 saturated heterocycles. The van der Waals surface area contributed by atoms with E-state index < -0.39 is 0 Å². The molecule has 0 spiro atoms. The summed E-state index contributed by atoms with van der Waals surface area (Å²) in [7, 11) is 1.62. The molecule has 3 aromatic rings. The third kappa shape index (κ3) is 5.56. The second-order valence-electron chi connectivity index (χ2n) is 8.44. The van der Waals surface area contributed by atoms with Crippen LogP contribution in [0.25, 0.3) is 10.9 Å². The van der Waals surface area contributed by atoms with E-state index in [4.69, 9.17) is 4.74 Å². The summed E-state index contributed by atoms with van der Waals surface area (Å²) in [4.78, 5) is 32.9. The van der Waals surface area contributed by atoms with Gasteiger partial charge in [0.15, 0.2) is 0 Å². The zero-order chi connectivity index (χ0) is 22.3. The number of para-hydroxylation sites is 1. The van der Waals surface area contributed by atoms with E-state index in [9.17, 15) is 9.59 Å². The van der Waals surface area contributed by atoms with Gasteiger partial charge in [0, 0.05) is 49.8 Å². The molecule has 4 rings (SSSR count). The number of aromatic nitrogens is 1.